The Labute approximate surface area is 57.5 Å². The monoisotopic (exact) mass is 145 g/mol. The molecule has 0 amide bonds. The quantitative estimate of drug-likeness (QED) is 0.454. The van der Waals surface area contributed by atoms with Crippen LogP contribution in [0.5, 0.6) is 0 Å². The van der Waals surface area contributed by atoms with Gasteiger partial charge in [0, 0.05) is 0 Å². The number of hydrogen-bond acceptors (Lipinski definition) is 0. The topological polar surface area (TPSA) is 22.3 Å². The molecule has 0 rings (SSSR count). The molecule has 0 spiro atoms. The van der Waals surface area contributed by atoms with Crippen molar-refractivity contribution >= 4 is 5.71 Å². The molecule has 0 heterocycles. The van der Waals surface area contributed by atoms with Gasteiger partial charge in [0.2, 0.25) is 0 Å². The van der Waals surface area contributed by atoms with Crippen LogP contribution in [-0.4, -0.2) is 5.71 Å². The van der Waals surface area contributed by atoms with Gasteiger partial charge in [-0.2, -0.15) is 0 Å². The van der Waals surface area contributed by atoms with Crippen LogP contribution in [0.3, 0.4) is 0 Å². The molecule has 0 saturated carbocycles. The van der Waals surface area contributed by atoms with Gasteiger partial charge >= 0.3 is 32.7 Å². The molecule has 0 aromatic rings. The Kier molecular flexibility index (Phi) is 8.82. The Morgan fingerprint density at radius 2 is 1.40 bits per heavy atom. The van der Waals surface area contributed by atoms with Crippen molar-refractivity contribution in [2.45, 2.75) is 13.8 Å². The van der Waals surface area contributed by atoms with Crippen molar-refractivity contribution in [3.63, 3.8) is 0 Å². The second-order valence-electron chi connectivity index (χ2n) is 0.947. The minimum absolute atomic E-state index is 0. The Bertz CT molecular complexity index is 29.9. The van der Waals surface area contributed by atoms with E-state index < -0.39 is 0 Å². The summed E-state index contributed by atoms with van der Waals surface area (Å²) in [5, 5.41) is 7.97. The van der Waals surface area contributed by atoms with Crippen molar-refractivity contribution in [3.05, 3.63) is 5.41 Å². The van der Waals surface area contributed by atoms with Gasteiger partial charge in [-0.25, -0.2) is 5.71 Å². The molecule has 0 unspecified atom stereocenters. The SMILES string of the molecule is CC(C)=[N-].[Y+3]. The van der Waals surface area contributed by atoms with Gasteiger partial charge in [-0.15, -0.1) is 0 Å². The molecule has 5 heavy (non-hydrogen) atoms. The van der Waals surface area contributed by atoms with Crippen molar-refractivity contribution < 1.29 is 32.7 Å². The van der Waals surface area contributed by atoms with Gasteiger partial charge < -0.3 is 5.41 Å². The summed E-state index contributed by atoms with van der Waals surface area (Å²) in [6.07, 6.45) is 0. The fraction of sp³-hybridized carbons (Fsp3) is 0.667. The molecule has 0 radical (unpaired) electrons. The van der Waals surface area contributed by atoms with Crippen LogP contribution in [0, 0.1) is 0 Å². The van der Waals surface area contributed by atoms with E-state index >= 15 is 0 Å². The smallest absolute Gasteiger partial charge is 0.812 e. The summed E-state index contributed by atoms with van der Waals surface area (Å²) >= 11 is 0. The molecule has 0 atom stereocenters. The Hall–Kier alpha value is 0.774. The van der Waals surface area contributed by atoms with E-state index in [9.17, 15) is 0 Å². The summed E-state index contributed by atoms with van der Waals surface area (Å²) in [5.41, 5.74) is 0.417. The summed E-state index contributed by atoms with van der Waals surface area (Å²) in [4.78, 5) is 0. The van der Waals surface area contributed by atoms with Crippen molar-refractivity contribution in [2.24, 2.45) is 0 Å². The summed E-state index contributed by atoms with van der Waals surface area (Å²) < 4.78 is 0. The first kappa shape index (κ1) is 9.24. The van der Waals surface area contributed by atoms with Crippen LogP contribution in [0.2, 0.25) is 0 Å². The van der Waals surface area contributed by atoms with E-state index in [2.05, 4.69) is 0 Å². The molecule has 24 valence electrons. The molecular formula is C3H6NY+2. The van der Waals surface area contributed by atoms with Gasteiger partial charge in [0.15, 0.2) is 0 Å². The number of nitrogens with zero attached hydrogens (tertiary/aromatic N) is 1. The summed E-state index contributed by atoms with van der Waals surface area (Å²) in [5.74, 6) is 0. The molecular weight excluding hydrogens is 139 g/mol. The molecule has 0 aromatic heterocycles. The average Bonchev–Trinajstić information content (AvgIpc) is 0.811. The Morgan fingerprint density at radius 1 is 1.40 bits per heavy atom. The first-order chi connectivity index (χ1) is 1.73. The maximum absolute atomic E-state index is 7.97. The fourth-order valence-electron chi connectivity index (χ4n) is 0. The molecule has 2 heteroatoms. The fourth-order valence-corrected chi connectivity index (χ4v) is 0. The van der Waals surface area contributed by atoms with E-state index in [0.29, 0.717) is 5.71 Å². The van der Waals surface area contributed by atoms with Crippen molar-refractivity contribution in [1.29, 1.82) is 0 Å². The van der Waals surface area contributed by atoms with Crippen molar-refractivity contribution in [1.82, 2.24) is 0 Å². The van der Waals surface area contributed by atoms with Crippen LogP contribution >= 0.6 is 0 Å². The predicted octanol–water partition coefficient (Wildman–Crippen LogP) is 1.03. The zero-order chi connectivity index (χ0) is 3.58. The molecule has 0 bridgehead atoms. The van der Waals surface area contributed by atoms with Gasteiger partial charge in [0.25, 0.3) is 0 Å². The standard InChI is InChI=1S/C3H6N.Y/c1-3(2)4;/h1-2H3;/q-1;+3. The van der Waals surface area contributed by atoms with Crippen LogP contribution in [-0.2, 0) is 32.7 Å². The van der Waals surface area contributed by atoms with Crippen LogP contribution in [0.4, 0.5) is 0 Å². The third-order valence-electron chi connectivity index (χ3n) is 0. The van der Waals surface area contributed by atoms with Crippen molar-refractivity contribution in [2.75, 3.05) is 0 Å². The number of hydrogen-bond donors (Lipinski definition) is 0. The van der Waals surface area contributed by atoms with Gasteiger partial charge in [0.1, 0.15) is 0 Å². The van der Waals surface area contributed by atoms with E-state index in [-0.39, 0.29) is 32.7 Å². The second-order valence-corrected chi connectivity index (χ2v) is 0.947. The van der Waals surface area contributed by atoms with E-state index in [4.69, 9.17) is 5.41 Å². The molecule has 0 fully saturated rings. The van der Waals surface area contributed by atoms with Crippen LogP contribution in [0.1, 0.15) is 13.8 Å². The molecule has 0 aromatic carbocycles. The third-order valence-corrected chi connectivity index (χ3v) is 0. The average molecular weight is 145 g/mol. The molecule has 0 aliphatic rings. The molecule has 1 nitrogen and oxygen atoms in total. The first-order valence-corrected chi connectivity index (χ1v) is 1.22. The first-order valence-electron chi connectivity index (χ1n) is 1.22. The molecule has 0 saturated heterocycles. The van der Waals surface area contributed by atoms with Crippen LogP contribution in [0.15, 0.2) is 0 Å². The summed E-state index contributed by atoms with van der Waals surface area (Å²) in [6.45, 7) is 3.28. The minimum atomic E-state index is 0. The Balaban J connectivity index is 0. The van der Waals surface area contributed by atoms with Crippen molar-refractivity contribution in [3.8, 4) is 0 Å². The maximum atomic E-state index is 7.97. The van der Waals surface area contributed by atoms with E-state index in [0.717, 1.165) is 0 Å². The predicted molar refractivity (Wildman–Crippen MR) is 19.7 cm³/mol. The zero-order valence-corrected chi connectivity index (χ0v) is 6.36. The second kappa shape index (κ2) is 4.77. The minimum Gasteiger partial charge on any atom is -0.812 e. The zero-order valence-electron chi connectivity index (χ0n) is 3.52. The van der Waals surface area contributed by atoms with E-state index in [1.165, 1.54) is 0 Å². The summed E-state index contributed by atoms with van der Waals surface area (Å²) in [7, 11) is 0. The Morgan fingerprint density at radius 3 is 1.40 bits per heavy atom. The summed E-state index contributed by atoms with van der Waals surface area (Å²) in [6, 6.07) is 0. The molecule has 0 N–H and O–H groups in total. The van der Waals surface area contributed by atoms with Gasteiger partial charge in [0.05, 0.1) is 0 Å². The number of rotatable bonds is 0. The maximum Gasteiger partial charge on any atom is 3.00 e. The van der Waals surface area contributed by atoms with E-state index in [1.54, 1.807) is 13.8 Å². The van der Waals surface area contributed by atoms with Gasteiger partial charge in [-0.05, 0) is 0 Å². The van der Waals surface area contributed by atoms with Gasteiger partial charge in [-0.3, -0.25) is 0 Å². The van der Waals surface area contributed by atoms with E-state index in [1.807, 2.05) is 0 Å². The van der Waals surface area contributed by atoms with Crippen LogP contribution in [0.25, 0.3) is 5.41 Å². The normalized spacial score (nSPS) is 5.20. The van der Waals surface area contributed by atoms with Gasteiger partial charge in [-0.1, -0.05) is 13.8 Å². The largest absolute Gasteiger partial charge is 3.00 e. The molecule has 0 aliphatic heterocycles. The third kappa shape index (κ3) is 61.3. The molecule has 0 aliphatic carbocycles. The van der Waals surface area contributed by atoms with Crippen LogP contribution < -0.4 is 0 Å².